The third-order valence-corrected chi connectivity index (χ3v) is 5.23. The summed E-state index contributed by atoms with van der Waals surface area (Å²) in [5, 5.41) is 3.63. The molecule has 7 heteroatoms. The van der Waals surface area contributed by atoms with Crippen LogP contribution in [0.4, 0.5) is 0 Å². The van der Waals surface area contributed by atoms with Gasteiger partial charge in [-0.2, -0.15) is 0 Å². The molecule has 1 aromatic heterocycles. The van der Waals surface area contributed by atoms with Gasteiger partial charge in [-0.15, -0.1) is 24.8 Å². The Hall–Kier alpha value is -1.56. The minimum Gasteiger partial charge on any atom is -0.339 e. The SMILES string of the molecule is CN(C(=O)c1ccc(-n2ccnc2)cc1)C1CC2CCC(C1)N2.Cl.Cl. The van der Waals surface area contributed by atoms with Gasteiger partial charge in [-0.25, -0.2) is 4.98 Å². The average Bonchev–Trinajstić information content (AvgIpc) is 3.23. The van der Waals surface area contributed by atoms with Crippen molar-refractivity contribution in [2.75, 3.05) is 7.05 Å². The van der Waals surface area contributed by atoms with E-state index in [0.717, 1.165) is 24.1 Å². The number of hydrogen-bond acceptors (Lipinski definition) is 3. The van der Waals surface area contributed by atoms with Crippen LogP contribution in [0.5, 0.6) is 0 Å². The van der Waals surface area contributed by atoms with E-state index in [0.29, 0.717) is 18.1 Å². The lowest BCUT2D eigenvalue weighted by molar-refractivity contribution is 0.0681. The zero-order valence-electron chi connectivity index (χ0n) is 14.2. The second-order valence-corrected chi connectivity index (χ2v) is 6.70. The monoisotopic (exact) mass is 382 g/mol. The number of nitrogens with one attached hydrogen (secondary N) is 1. The van der Waals surface area contributed by atoms with E-state index in [1.54, 1.807) is 12.5 Å². The van der Waals surface area contributed by atoms with Crippen molar-refractivity contribution in [3.63, 3.8) is 0 Å². The topological polar surface area (TPSA) is 50.2 Å². The molecule has 2 atom stereocenters. The number of carbonyl (C=O) groups is 1. The molecule has 25 heavy (non-hydrogen) atoms. The Kier molecular flexibility index (Phi) is 6.49. The van der Waals surface area contributed by atoms with Gasteiger partial charge in [0.2, 0.25) is 0 Å². The summed E-state index contributed by atoms with van der Waals surface area (Å²) in [5.41, 5.74) is 1.77. The van der Waals surface area contributed by atoms with Crippen LogP contribution in [-0.2, 0) is 0 Å². The Bertz CT molecular complexity index is 678. The summed E-state index contributed by atoms with van der Waals surface area (Å²) in [7, 11) is 1.95. The predicted octanol–water partition coefficient (Wildman–Crippen LogP) is 3.07. The molecule has 0 saturated carbocycles. The fourth-order valence-corrected chi connectivity index (χ4v) is 3.90. The molecule has 2 aliphatic heterocycles. The fraction of sp³-hybridized carbons (Fsp3) is 0.444. The molecule has 1 amide bonds. The predicted molar refractivity (Wildman–Crippen MR) is 103 cm³/mol. The molecule has 1 aromatic carbocycles. The van der Waals surface area contributed by atoms with Gasteiger partial charge in [0, 0.05) is 48.8 Å². The molecular formula is C18H24Cl2N4O. The highest BCUT2D eigenvalue weighted by Crippen LogP contribution is 2.29. The van der Waals surface area contributed by atoms with E-state index in [1.807, 2.05) is 47.0 Å². The normalized spacial score (nSPS) is 24.1. The highest BCUT2D eigenvalue weighted by Gasteiger charge is 2.36. The van der Waals surface area contributed by atoms with Crippen LogP contribution in [0, 0.1) is 0 Å². The van der Waals surface area contributed by atoms with Crippen molar-refractivity contribution in [1.82, 2.24) is 19.8 Å². The lowest BCUT2D eigenvalue weighted by Crippen LogP contribution is -2.48. The van der Waals surface area contributed by atoms with Crippen LogP contribution in [0.1, 0.15) is 36.0 Å². The molecule has 1 N–H and O–H groups in total. The van der Waals surface area contributed by atoms with E-state index in [9.17, 15) is 4.79 Å². The highest BCUT2D eigenvalue weighted by atomic mass is 35.5. The van der Waals surface area contributed by atoms with Gasteiger partial charge in [0.15, 0.2) is 0 Å². The summed E-state index contributed by atoms with van der Waals surface area (Å²) in [4.78, 5) is 18.8. The van der Waals surface area contributed by atoms with Gasteiger partial charge in [0.05, 0.1) is 6.33 Å². The molecule has 2 bridgehead atoms. The van der Waals surface area contributed by atoms with Crippen LogP contribution in [0.25, 0.3) is 5.69 Å². The van der Waals surface area contributed by atoms with E-state index in [-0.39, 0.29) is 30.7 Å². The standard InChI is InChI=1S/C18H22N4O.2ClH/c1-21(17-10-14-4-5-15(11-17)20-14)18(23)13-2-6-16(7-3-13)22-9-8-19-12-22;;/h2-3,6-9,12,14-15,17,20H,4-5,10-11H2,1H3;2*1H. The molecule has 0 radical (unpaired) electrons. The van der Waals surface area contributed by atoms with Gasteiger partial charge in [-0.05, 0) is 49.9 Å². The number of nitrogens with zero attached hydrogens (tertiary/aromatic N) is 3. The van der Waals surface area contributed by atoms with Gasteiger partial charge < -0.3 is 14.8 Å². The molecule has 2 fully saturated rings. The van der Waals surface area contributed by atoms with Crippen molar-refractivity contribution in [2.45, 2.75) is 43.8 Å². The van der Waals surface area contributed by atoms with Crippen molar-refractivity contribution in [3.05, 3.63) is 48.5 Å². The average molecular weight is 383 g/mol. The largest absolute Gasteiger partial charge is 0.339 e. The highest BCUT2D eigenvalue weighted by molar-refractivity contribution is 5.94. The number of piperidine rings is 1. The minimum atomic E-state index is 0. The lowest BCUT2D eigenvalue weighted by atomic mass is 9.98. The van der Waals surface area contributed by atoms with Crippen molar-refractivity contribution < 1.29 is 4.79 Å². The molecule has 2 unspecified atom stereocenters. The minimum absolute atomic E-state index is 0. The van der Waals surface area contributed by atoms with E-state index in [2.05, 4.69) is 10.3 Å². The molecule has 136 valence electrons. The van der Waals surface area contributed by atoms with Crippen molar-refractivity contribution in [2.24, 2.45) is 0 Å². The van der Waals surface area contributed by atoms with Crippen LogP contribution in [0.15, 0.2) is 43.0 Å². The first-order chi connectivity index (χ1) is 11.2. The summed E-state index contributed by atoms with van der Waals surface area (Å²) in [5.74, 6) is 0.119. The van der Waals surface area contributed by atoms with Crippen LogP contribution in [0.2, 0.25) is 0 Å². The van der Waals surface area contributed by atoms with Crippen LogP contribution >= 0.6 is 24.8 Å². The summed E-state index contributed by atoms with van der Waals surface area (Å²) in [6, 6.07) is 9.29. The number of fused-ring (bicyclic) bond motifs is 2. The number of amides is 1. The van der Waals surface area contributed by atoms with E-state index in [1.165, 1.54) is 12.8 Å². The second-order valence-electron chi connectivity index (χ2n) is 6.70. The summed E-state index contributed by atoms with van der Waals surface area (Å²) in [6.45, 7) is 0. The number of aromatic nitrogens is 2. The second kappa shape index (κ2) is 8.21. The molecule has 0 aliphatic carbocycles. The first-order valence-corrected chi connectivity index (χ1v) is 8.32. The molecule has 3 heterocycles. The molecule has 0 spiro atoms. The number of benzene rings is 1. The van der Waals surface area contributed by atoms with E-state index < -0.39 is 0 Å². The maximum atomic E-state index is 12.8. The number of hydrogen-bond donors (Lipinski definition) is 1. The number of rotatable bonds is 3. The van der Waals surface area contributed by atoms with Gasteiger partial charge in [-0.3, -0.25) is 4.79 Å². The van der Waals surface area contributed by atoms with Crippen molar-refractivity contribution in [1.29, 1.82) is 0 Å². The molecule has 5 nitrogen and oxygen atoms in total. The Labute approximate surface area is 160 Å². The summed E-state index contributed by atoms with van der Waals surface area (Å²) < 4.78 is 1.93. The van der Waals surface area contributed by atoms with Gasteiger partial charge in [0.25, 0.3) is 5.91 Å². The fourth-order valence-electron chi connectivity index (χ4n) is 3.90. The molecule has 4 rings (SSSR count). The van der Waals surface area contributed by atoms with Crippen molar-refractivity contribution in [3.8, 4) is 5.69 Å². The van der Waals surface area contributed by atoms with Crippen LogP contribution in [-0.4, -0.2) is 45.5 Å². The number of carbonyl (C=O) groups excluding carboxylic acids is 1. The zero-order valence-corrected chi connectivity index (χ0v) is 15.8. The third kappa shape index (κ3) is 4.00. The summed E-state index contributed by atoms with van der Waals surface area (Å²) in [6.07, 6.45) is 10.1. The Balaban J connectivity index is 0.00000113. The van der Waals surface area contributed by atoms with Gasteiger partial charge in [0.1, 0.15) is 0 Å². The summed E-state index contributed by atoms with van der Waals surface area (Å²) >= 11 is 0. The van der Waals surface area contributed by atoms with E-state index >= 15 is 0 Å². The smallest absolute Gasteiger partial charge is 0.253 e. The molecule has 2 aromatic rings. The van der Waals surface area contributed by atoms with Crippen molar-refractivity contribution >= 4 is 30.7 Å². The maximum absolute atomic E-state index is 12.8. The molecule has 2 saturated heterocycles. The number of imidazole rings is 1. The first-order valence-electron chi connectivity index (χ1n) is 8.32. The van der Waals surface area contributed by atoms with Gasteiger partial charge >= 0.3 is 0 Å². The number of halogens is 2. The quantitative estimate of drug-likeness (QED) is 0.887. The molecular weight excluding hydrogens is 359 g/mol. The first kappa shape index (κ1) is 19.8. The lowest BCUT2D eigenvalue weighted by Gasteiger charge is -2.35. The molecule has 2 aliphatic rings. The van der Waals surface area contributed by atoms with Gasteiger partial charge in [-0.1, -0.05) is 0 Å². The Morgan fingerprint density at radius 1 is 1.16 bits per heavy atom. The third-order valence-electron chi connectivity index (χ3n) is 5.23. The Morgan fingerprint density at radius 2 is 1.80 bits per heavy atom. The maximum Gasteiger partial charge on any atom is 0.253 e. The van der Waals surface area contributed by atoms with Crippen LogP contribution in [0.3, 0.4) is 0 Å². The van der Waals surface area contributed by atoms with Crippen LogP contribution < -0.4 is 5.32 Å². The Morgan fingerprint density at radius 3 is 2.36 bits per heavy atom. The van der Waals surface area contributed by atoms with E-state index in [4.69, 9.17) is 0 Å². The zero-order chi connectivity index (χ0) is 15.8.